The molecule has 1 unspecified atom stereocenters. The van der Waals surface area contributed by atoms with Crippen molar-refractivity contribution < 1.29 is 4.79 Å². The number of hydrogen-bond donors (Lipinski definition) is 0. The normalized spacial score (nSPS) is 12.6. The summed E-state index contributed by atoms with van der Waals surface area (Å²) in [6, 6.07) is 6.14. The number of hydrogen-bond acceptors (Lipinski definition) is 5. The van der Waals surface area contributed by atoms with Gasteiger partial charge in [-0.15, -0.1) is 10.2 Å². The van der Waals surface area contributed by atoms with E-state index in [2.05, 4.69) is 54.5 Å². The van der Waals surface area contributed by atoms with Crippen LogP contribution < -0.4 is 0 Å². The Morgan fingerprint density at radius 1 is 1.19 bits per heavy atom. The first kappa shape index (κ1) is 21.6. The molecular formula is C21H32N4OS. The van der Waals surface area contributed by atoms with Crippen LogP contribution in [0.5, 0.6) is 0 Å². The Morgan fingerprint density at radius 3 is 2.52 bits per heavy atom. The summed E-state index contributed by atoms with van der Waals surface area (Å²) in [5.74, 6) is 1.51. The third-order valence-corrected chi connectivity index (χ3v) is 5.92. The molecule has 0 saturated heterocycles. The van der Waals surface area contributed by atoms with E-state index in [4.69, 9.17) is 0 Å². The van der Waals surface area contributed by atoms with Crippen LogP contribution in [-0.4, -0.2) is 45.3 Å². The molecule has 0 aliphatic rings. The quantitative estimate of drug-likeness (QED) is 0.437. The molecule has 0 radical (unpaired) electrons. The molecule has 1 aromatic heterocycles. The number of rotatable bonds is 10. The molecule has 1 aromatic carbocycles. The smallest absolute Gasteiger partial charge is 0.191 e. The van der Waals surface area contributed by atoms with Crippen molar-refractivity contribution in [2.24, 2.45) is 0 Å². The van der Waals surface area contributed by atoms with Gasteiger partial charge in [-0.2, -0.15) is 0 Å². The predicted octanol–water partition coefficient (Wildman–Crippen LogP) is 4.68. The molecule has 0 saturated carbocycles. The van der Waals surface area contributed by atoms with Gasteiger partial charge in [0.1, 0.15) is 0 Å². The Bertz CT molecular complexity index is 770. The number of unbranched alkanes of at least 4 members (excludes halogenated alkanes) is 1. The van der Waals surface area contributed by atoms with Crippen LogP contribution in [0.3, 0.4) is 0 Å². The third-order valence-electron chi connectivity index (χ3n) is 4.95. The second-order valence-corrected chi connectivity index (χ2v) is 8.19. The zero-order chi connectivity index (χ0) is 20.0. The fourth-order valence-electron chi connectivity index (χ4n) is 3.09. The van der Waals surface area contributed by atoms with E-state index in [0.717, 1.165) is 47.9 Å². The van der Waals surface area contributed by atoms with Gasteiger partial charge in [0.15, 0.2) is 16.8 Å². The molecule has 0 aliphatic carbocycles. The number of thioether (sulfide) groups is 1. The van der Waals surface area contributed by atoms with Crippen molar-refractivity contribution in [1.82, 2.24) is 19.7 Å². The molecule has 5 nitrogen and oxygen atoms in total. The van der Waals surface area contributed by atoms with Gasteiger partial charge in [0, 0.05) is 12.1 Å². The summed E-state index contributed by atoms with van der Waals surface area (Å²) in [6.07, 6.45) is 3.17. The lowest BCUT2D eigenvalue weighted by molar-refractivity contribution is 0.102. The number of aromatic nitrogens is 3. The first-order chi connectivity index (χ1) is 12.9. The summed E-state index contributed by atoms with van der Waals surface area (Å²) in [6.45, 7) is 9.34. The maximum absolute atomic E-state index is 12.6. The molecule has 2 rings (SSSR count). The van der Waals surface area contributed by atoms with Gasteiger partial charge in [-0.25, -0.2) is 0 Å². The highest BCUT2D eigenvalue weighted by Crippen LogP contribution is 2.26. The van der Waals surface area contributed by atoms with Crippen LogP contribution in [-0.2, 0) is 6.54 Å². The second-order valence-electron chi connectivity index (χ2n) is 7.24. The number of carbonyl (C=O) groups is 1. The van der Waals surface area contributed by atoms with Crippen LogP contribution in [0.15, 0.2) is 23.4 Å². The Balaban J connectivity index is 2.18. The van der Waals surface area contributed by atoms with E-state index in [1.807, 2.05) is 25.1 Å². The summed E-state index contributed by atoms with van der Waals surface area (Å²) in [4.78, 5) is 14.8. The third kappa shape index (κ3) is 5.42. The van der Waals surface area contributed by atoms with Crippen molar-refractivity contribution in [1.29, 1.82) is 0 Å². The van der Waals surface area contributed by atoms with Gasteiger partial charge in [-0.1, -0.05) is 44.2 Å². The minimum absolute atomic E-state index is 0.134. The largest absolute Gasteiger partial charge is 0.305 e. The Hall–Kier alpha value is -1.66. The molecule has 2 aromatic rings. The number of Topliss-reactive ketones (excluding diaryl/α,β-unsaturated/α-hetero) is 1. The van der Waals surface area contributed by atoms with E-state index in [1.54, 1.807) is 0 Å². The van der Waals surface area contributed by atoms with E-state index in [1.165, 1.54) is 17.3 Å². The average Bonchev–Trinajstić information content (AvgIpc) is 3.03. The summed E-state index contributed by atoms with van der Waals surface area (Å²) >= 11 is 1.49. The molecule has 0 N–H and O–H groups in total. The Kier molecular flexibility index (Phi) is 8.05. The molecular weight excluding hydrogens is 356 g/mol. The van der Waals surface area contributed by atoms with E-state index in [0.29, 0.717) is 5.75 Å². The Morgan fingerprint density at radius 2 is 1.93 bits per heavy atom. The van der Waals surface area contributed by atoms with Crippen LogP contribution in [0.1, 0.15) is 66.5 Å². The predicted molar refractivity (Wildman–Crippen MR) is 113 cm³/mol. The molecule has 0 amide bonds. The van der Waals surface area contributed by atoms with Crippen molar-refractivity contribution in [3.05, 3.63) is 40.7 Å². The monoisotopic (exact) mass is 388 g/mol. The van der Waals surface area contributed by atoms with Gasteiger partial charge >= 0.3 is 0 Å². The van der Waals surface area contributed by atoms with Gasteiger partial charge in [0.2, 0.25) is 0 Å². The van der Waals surface area contributed by atoms with Crippen LogP contribution in [0.25, 0.3) is 0 Å². The molecule has 6 heteroatoms. The molecule has 27 heavy (non-hydrogen) atoms. The van der Waals surface area contributed by atoms with E-state index in [9.17, 15) is 4.79 Å². The minimum Gasteiger partial charge on any atom is -0.305 e. The summed E-state index contributed by atoms with van der Waals surface area (Å²) in [5, 5.41) is 9.74. The van der Waals surface area contributed by atoms with E-state index >= 15 is 0 Å². The van der Waals surface area contributed by atoms with E-state index in [-0.39, 0.29) is 11.8 Å². The zero-order valence-corrected chi connectivity index (χ0v) is 18.3. The molecule has 0 fully saturated rings. The highest BCUT2D eigenvalue weighted by atomic mass is 32.2. The molecule has 1 heterocycles. The lowest BCUT2D eigenvalue weighted by atomic mass is 10.0. The molecule has 148 valence electrons. The molecule has 0 bridgehead atoms. The highest BCUT2D eigenvalue weighted by molar-refractivity contribution is 7.99. The van der Waals surface area contributed by atoms with Crippen LogP contribution >= 0.6 is 11.8 Å². The topological polar surface area (TPSA) is 51.0 Å². The fourth-order valence-corrected chi connectivity index (χ4v) is 3.95. The van der Waals surface area contributed by atoms with Crippen molar-refractivity contribution >= 4 is 17.5 Å². The van der Waals surface area contributed by atoms with Crippen LogP contribution in [0, 0.1) is 13.8 Å². The average molecular weight is 389 g/mol. The molecule has 1 atom stereocenters. The SMILES string of the molecule is CCCCn1c(SCC(=O)c2ccc(C)c(C)c2)nnc1C(CC)N(C)C. The summed E-state index contributed by atoms with van der Waals surface area (Å²) in [7, 11) is 4.14. The van der Waals surface area contributed by atoms with Gasteiger partial charge in [-0.05, 0) is 58.0 Å². The number of carbonyl (C=O) groups excluding carboxylic acids is 1. The molecule has 0 spiro atoms. The highest BCUT2D eigenvalue weighted by Gasteiger charge is 2.22. The minimum atomic E-state index is 0.134. The lowest BCUT2D eigenvalue weighted by Crippen LogP contribution is -2.23. The lowest BCUT2D eigenvalue weighted by Gasteiger charge is -2.23. The summed E-state index contributed by atoms with van der Waals surface area (Å²) < 4.78 is 2.20. The van der Waals surface area contributed by atoms with Gasteiger partial charge in [-0.3, -0.25) is 9.69 Å². The van der Waals surface area contributed by atoms with E-state index < -0.39 is 0 Å². The van der Waals surface area contributed by atoms with Crippen molar-refractivity contribution in [2.75, 3.05) is 19.8 Å². The van der Waals surface area contributed by atoms with Crippen molar-refractivity contribution in [2.45, 2.75) is 64.7 Å². The summed E-state index contributed by atoms with van der Waals surface area (Å²) in [5.41, 5.74) is 3.12. The fraction of sp³-hybridized carbons (Fsp3) is 0.571. The Labute approximate surface area is 167 Å². The zero-order valence-electron chi connectivity index (χ0n) is 17.5. The standard InChI is InChI=1S/C21H32N4OS/c1-7-9-12-25-20(18(8-2)24(5)6)22-23-21(25)27-14-19(26)17-11-10-15(3)16(4)13-17/h10-11,13,18H,7-9,12,14H2,1-6H3. The molecule has 0 aliphatic heterocycles. The van der Waals surface area contributed by atoms with Crippen LogP contribution in [0.4, 0.5) is 0 Å². The van der Waals surface area contributed by atoms with Crippen molar-refractivity contribution in [3.63, 3.8) is 0 Å². The first-order valence-electron chi connectivity index (χ1n) is 9.71. The maximum Gasteiger partial charge on any atom is 0.191 e. The van der Waals surface area contributed by atoms with Crippen LogP contribution in [0.2, 0.25) is 0 Å². The first-order valence-corrected chi connectivity index (χ1v) is 10.7. The van der Waals surface area contributed by atoms with Crippen molar-refractivity contribution in [3.8, 4) is 0 Å². The number of aryl methyl sites for hydroxylation is 2. The second kappa shape index (κ2) is 10.0. The number of nitrogens with zero attached hydrogens (tertiary/aromatic N) is 4. The van der Waals surface area contributed by atoms with Gasteiger partial charge in [0.05, 0.1) is 11.8 Å². The number of ketones is 1. The van der Waals surface area contributed by atoms with Gasteiger partial charge < -0.3 is 4.57 Å². The van der Waals surface area contributed by atoms with Gasteiger partial charge in [0.25, 0.3) is 0 Å². The number of benzene rings is 1. The maximum atomic E-state index is 12.6.